The van der Waals surface area contributed by atoms with Gasteiger partial charge in [-0.05, 0) is 17.8 Å². The van der Waals surface area contributed by atoms with Crippen molar-refractivity contribution in [3.05, 3.63) is 65.9 Å². The zero-order valence-electron chi connectivity index (χ0n) is 10.4. The summed E-state index contributed by atoms with van der Waals surface area (Å²) >= 11 is 0. The van der Waals surface area contributed by atoms with E-state index in [4.69, 9.17) is 0 Å². The van der Waals surface area contributed by atoms with E-state index >= 15 is 0 Å². The Balaban J connectivity index is 0.00000200. The third-order valence-corrected chi connectivity index (χ3v) is 2.62. The maximum atomic E-state index is 13.7. The summed E-state index contributed by atoms with van der Waals surface area (Å²) in [7, 11) is 0. The molecule has 1 aliphatic heterocycles. The van der Waals surface area contributed by atoms with Gasteiger partial charge in [0.15, 0.2) is 0 Å². The molecule has 1 heterocycles. The fourth-order valence-electron chi connectivity index (χ4n) is 1.78. The van der Waals surface area contributed by atoms with E-state index in [9.17, 15) is 17.6 Å². The minimum absolute atomic E-state index is 0. The quantitative estimate of drug-likeness (QED) is 0.588. The molecule has 1 radical (unpaired) electrons. The molecule has 0 aromatic heterocycles. The van der Waals surface area contributed by atoms with Crippen molar-refractivity contribution in [1.82, 2.24) is 4.90 Å². The average molecular weight is 357 g/mol. The van der Waals surface area contributed by atoms with Crippen LogP contribution in [0, 0.1) is 17.7 Å². The van der Waals surface area contributed by atoms with Gasteiger partial charge in [-0.3, -0.25) is 0 Å². The molecule has 0 fully saturated rings. The first-order chi connectivity index (χ1) is 8.99. The molecular formula is C14H10F4NY-. The largest absolute Gasteiger partial charge is 0.370 e. The second-order valence-corrected chi connectivity index (χ2v) is 3.94. The zero-order valence-corrected chi connectivity index (χ0v) is 13.3. The maximum absolute atomic E-state index is 13.7. The van der Waals surface area contributed by atoms with Gasteiger partial charge in [-0.25, -0.2) is 17.6 Å². The monoisotopic (exact) mass is 357 g/mol. The molecular weight excluding hydrogens is 347 g/mol. The second-order valence-electron chi connectivity index (χ2n) is 3.94. The molecule has 0 atom stereocenters. The average Bonchev–Trinajstić information content (AvgIpc) is 2.32. The minimum atomic E-state index is -2.61. The number of nitrogens with zero attached hydrogens (tertiary/aromatic N) is 1. The van der Waals surface area contributed by atoms with E-state index in [0.717, 1.165) is 11.0 Å². The predicted octanol–water partition coefficient (Wildman–Crippen LogP) is 3.76. The van der Waals surface area contributed by atoms with Crippen LogP contribution in [0.3, 0.4) is 0 Å². The van der Waals surface area contributed by atoms with Gasteiger partial charge in [-0.2, -0.15) is 12.2 Å². The molecule has 0 amide bonds. The maximum Gasteiger partial charge on any atom is 0.256 e. The van der Waals surface area contributed by atoms with Crippen LogP contribution in [-0.4, -0.2) is 17.9 Å². The van der Waals surface area contributed by atoms with E-state index in [1.165, 1.54) is 18.2 Å². The van der Waals surface area contributed by atoms with Crippen LogP contribution in [0.4, 0.5) is 17.6 Å². The standard InChI is InChI=1S/C14H10F4N.Y/c1-9-3-2-4-13(19(9)8-14(17)18)11-6-5-10(15)7-12(11)16;/h2-3,5-7,14H,1,8H2;/q-1;. The number of alkyl halides is 2. The SMILES string of the molecule is C=C1C=C[C-]=C(c2ccc(F)cc2F)N1CC(F)F.[Y]. The molecule has 0 saturated heterocycles. The van der Waals surface area contributed by atoms with Crippen molar-refractivity contribution in [3.8, 4) is 0 Å². The van der Waals surface area contributed by atoms with Gasteiger partial charge in [0.05, 0.1) is 12.4 Å². The Labute approximate surface area is 139 Å². The molecule has 1 nitrogen and oxygen atoms in total. The van der Waals surface area contributed by atoms with Crippen LogP contribution in [0.1, 0.15) is 5.56 Å². The van der Waals surface area contributed by atoms with Crippen molar-refractivity contribution in [2.24, 2.45) is 0 Å². The Bertz CT molecular complexity index is 566. The van der Waals surface area contributed by atoms with Crippen LogP contribution < -0.4 is 0 Å². The summed E-state index contributed by atoms with van der Waals surface area (Å²) in [6.07, 6.45) is 3.03. The molecule has 2 rings (SSSR count). The summed E-state index contributed by atoms with van der Waals surface area (Å²) in [6.45, 7) is 3.00. The summed E-state index contributed by atoms with van der Waals surface area (Å²) in [5.74, 6) is -1.56. The van der Waals surface area contributed by atoms with Crippen LogP contribution in [0.15, 0.2) is 42.6 Å². The Morgan fingerprint density at radius 2 is 1.95 bits per heavy atom. The summed E-state index contributed by atoms with van der Waals surface area (Å²) in [5.41, 5.74) is 0.427. The molecule has 0 saturated carbocycles. The Kier molecular flexibility index (Phi) is 6.15. The number of hydrogen-bond donors (Lipinski definition) is 0. The number of benzene rings is 1. The first-order valence-electron chi connectivity index (χ1n) is 5.49. The fourth-order valence-corrected chi connectivity index (χ4v) is 1.78. The van der Waals surface area contributed by atoms with Crippen molar-refractivity contribution in [1.29, 1.82) is 0 Å². The van der Waals surface area contributed by atoms with Crippen LogP contribution in [0.25, 0.3) is 5.70 Å². The van der Waals surface area contributed by atoms with Gasteiger partial charge in [0.2, 0.25) is 0 Å². The molecule has 20 heavy (non-hydrogen) atoms. The first-order valence-corrected chi connectivity index (χ1v) is 5.49. The van der Waals surface area contributed by atoms with Crippen LogP contribution in [0.2, 0.25) is 0 Å². The van der Waals surface area contributed by atoms with Crippen molar-refractivity contribution >= 4 is 5.70 Å². The topological polar surface area (TPSA) is 3.24 Å². The van der Waals surface area contributed by atoms with Crippen molar-refractivity contribution < 1.29 is 50.3 Å². The van der Waals surface area contributed by atoms with Crippen LogP contribution in [-0.2, 0) is 32.7 Å². The second kappa shape index (κ2) is 7.18. The van der Waals surface area contributed by atoms with Crippen LogP contribution in [0.5, 0.6) is 0 Å². The fraction of sp³-hybridized carbons (Fsp3) is 0.143. The van der Waals surface area contributed by atoms with E-state index in [0.29, 0.717) is 11.8 Å². The van der Waals surface area contributed by atoms with Gasteiger partial charge in [-0.1, -0.05) is 17.8 Å². The molecule has 1 aliphatic rings. The van der Waals surface area contributed by atoms with Crippen molar-refractivity contribution in [2.45, 2.75) is 6.43 Å². The molecule has 1 aromatic carbocycles. The summed E-state index contributed by atoms with van der Waals surface area (Å²) in [6, 6.07) is 2.96. The molecule has 6 heteroatoms. The van der Waals surface area contributed by atoms with E-state index < -0.39 is 24.6 Å². The van der Waals surface area contributed by atoms with E-state index in [1.807, 2.05) is 0 Å². The van der Waals surface area contributed by atoms with Gasteiger partial charge in [0.1, 0.15) is 5.82 Å². The van der Waals surface area contributed by atoms with Crippen molar-refractivity contribution in [3.63, 3.8) is 0 Å². The van der Waals surface area contributed by atoms with Gasteiger partial charge < -0.3 is 4.90 Å². The first kappa shape index (κ1) is 17.1. The summed E-state index contributed by atoms with van der Waals surface area (Å²) in [4.78, 5) is 1.15. The Morgan fingerprint density at radius 3 is 2.55 bits per heavy atom. The predicted molar refractivity (Wildman–Crippen MR) is 64.0 cm³/mol. The van der Waals surface area contributed by atoms with Gasteiger partial charge in [-0.15, -0.1) is 12.1 Å². The third kappa shape index (κ3) is 3.79. The number of allylic oxidation sites excluding steroid dienone is 3. The van der Waals surface area contributed by atoms with E-state index in [1.54, 1.807) is 0 Å². The summed E-state index contributed by atoms with van der Waals surface area (Å²) < 4.78 is 51.7. The third-order valence-electron chi connectivity index (χ3n) is 2.62. The minimum Gasteiger partial charge on any atom is -0.370 e. The van der Waals surface area contributed by atoms with Crippen molar-refractivity contribution in [2.75, 3.05) is 6.54 Å². The van der Waals surface area contributed by atoms with E-state index in [2.05, 4.69) is 12.7 Å². The normalized spacial score (nSPS) is 14.3. The van der Waals surface area contributed by atoms with E-state index in [-0.39, 0.29) is 44.0 Å². The molecule has 0 N–H and O–H groups in total. The van der Waals surface area contributed by atoms with Gasteiger partial charge in [0.25, 0.3) is 6.43 Å². The Morgan fingerprint density at radius 1 is 1.25 bits per heavy atom. The van der Waals surface area contributed by atoms with Crippen LogP contribution >= 0.6 is 0 Å². The number of rotatable bonds is 3. The smallest absolute Gasteiger partial charge is 0.256 e. The zero-order chi connectivity index (χ0) is 14.0. The molecule has 0 aliphatic carbocycles. The Hall–Kier alpha value is -0.936. The molecule has 0 bridgehead atoms. The number of hydrogen-bond acceptors (Lipinski definition) is 1. The molecule has 1 aromatic rings. The molecule has 103 valence electrons. The molecule has 0 spiro atoms. The summed E-state index contributed by atoms with van der Waals surface area (Å²) in [5, 5.41) is 0. The molecule has 0 unspecified atom stereocenters. The van der Waals surface area contributed by atoms with Gasteiger partial charge >= 0.3 is 0 Å². The number of halogens is 4. The van der Waals surface area contributed by atoms with Gasteiger partial charge in [0, 0.05) is 32.7 Å².